The first-order chi connectivity index (χ1) is 10.0. The van der Waals surface area contributed by atoms with Crippen LogP contribution in [0.25, 0.3) is 0 Å². The molecule has 0 radical (unpaired) electrons. The molecule has 0 spiro atoms. The molecule has 0 amide bonds. The Kier molecular flexibility index (Phi) is 4.31. The summed E-state index contributed by atoms with van der Waals surface area (Å²) in [5, 5.41) is 3.08. The zero-order chi connectivity index (χ0) is 15.0. The fourth-order valence-corrected chi connectivity index (χ4v) is 3.18. The van der Waals surface area contributed by atoms with Crippen LogP contribution in [0.2, 0.25) is 0 Å². The van der Waals surface area contributed by atoms with E-state index in [1.165, 1.54) is 11.6 Å². The molecule has 1 saturated carbocycles. The lowest BCUT2D eigenvalue weighted by molar-refractivity contribution is 0.372. The van der Waals surface area contributed by atoms with E-state index in [2.05, 4.69) is 49.3 Å². The summed E-state index contributed by atoms with van der Waals surface area (Å²) in [5.41, 5.74) is 1.52. The third-order valence-electron chi connectivity index (χ3n) is 3.85. The van der Waals surface area contributed by atoms with Gasteiger partial charge in [0.1, 0.15) is 11.6 Å². The van der Waals surface area contributed by atoms with Gasteiger partial charge >= 0.3 is 0 Å². The third-order valence-corrected chi connectivity index (χ3v) is 4.99. The number of halogens is 4. The Hall–Kier alpha value is -0.940. The molecular formula is C16H13Br2F2N. The van der Waals surface area contributed by atoms with Crippen LogP contribution in [0, 0.1) is 11.6 Å². The number of anilines is 1. The van der Waals surface area contributed by atoms with Crippen LogP contribution in [0.4, 0.5) is 14.5 Å². The molecule has 2 aromatic rings. The third kappa shape index (κ3) is 3.29. The zero-order valence-corrected chi connectivity index (χ0v) is 14.2. The normalized spacial score (nSPS) is 21.0. The summed E-state index contributed by atoms with van der Waals surface area (Å²) in [5.74, 6) is -0.406. The van der Waals surface area contributed by atoms with Gasteiger partial charge in [-0.25, -0.2) is 8.78 Å². The highest BCUT2D eigenvalue weighted by molar-refractivity contribution is 9.10. The number of rotatable bonds is 3. The Bertz CT molecular complexity index is 652. The van der Waals surface area contributed by atoms with Crippen LogP contribution in [-0.2, 0) is 0 Å². The van der Waals surface area contributed by atoms with Gasteiger partial charge in [-0.3, -0.25) is 0 Å². The van der Waals surface area contributed by atoms with Crippen molar-refractivity contribution in [3.05, 3.63) is 62.5 Å². The average Bonchev–Trinajstić information content (AvgIpc) is 2.40. The quantitative estimate of drug-likeness (QED) is 0.619. The number of nitrogens with one attached hydrogen (secondary N) is 1. The SMILES string of the molecule is Fc1cc(NC2CC(c3ccc(Br)cc3)C2)c(F)cc1Br. The van der Waals surface area contributed by atoms with Crippen LogP contribution in [0.1, 0.15) is 24.3 Å². The lowest BCUT2D eigenvalue weighted by Crippen LogP contribution is -2.34. The molecule has 2 aromatic carbocycles. The van der Waals surface area contributed by atoms with Gasteiger partial charge in [0.15, 0.2) is 0 Å². The highest BCUT2D eigenvalue weighted by Crippen LogP contribution is 2.39. The molecule has 1 aliphatic carbocycles. The minimum Gasteiger partial charge on any atom is -0.380 e. The van der Waals surface area contributed by atoms with Gasteiger partial charge in [0.2, 0.25) is 0 Å². The standard InChI is InChI=1S/C16H13Br2F2N/c17-11-3-1-9(2-4-11)10-5-12(6-10)21-16-8-14(19)13(18)7-15(16)20/h1-4,7-8,10,12,21H,5-6H2. The van der Waals surface area contributed by atoms with Crippen LogP contribution in [0.5, 0.6) is 0 Å². The van der Waals surface area contributed by atoms with Crippen molar-refractivity contribution in [2.24, 2.45) is 0 Å². The molecule has 0 atom stereocenters. The van der Waals surface area contributed by atoms with E-state index in [4.69, 9.17) is 0 Å². The van der Waals surface area contributed by atoms with Crippen LogP contribution in [0.3, 0.4) is 0 Å². The molecule has 0 unspecified atom stereocenters. The van der Waals surface area contributed by atoms with E-state index in [1.54, 1.807) is 0 Å². The minimum absolute atomic E-state index is 0.145. The van der Waals surface area contributed by atoms with Gasteiger partial charge in [0.05, 0.1) is 10.2 Å². The molecule has 0 aliphatic heterocycles. The van der Waals surface area contributed by atoms with Gasteiger partial charge in [-0.15, -0.1) is 0 Å². The maximum Gasteiger partial charge on any atom is 0.147 e. The summed E-state index contributed by atoms with van der Waals surface area (Å²) in [7, 11) is 0. The molecule has 110 valence electrons. The second kappa shape index (κ2) is 6.05. The van der Waals surface area contributed by atoms with E-state index in [-0.39, 0.29) is 16.2 Å². The van der Waals surface area contributed by atoms with E-state index in [0.717, 1.165) is 23.4 Å². The highest BCUT2D eigenvalue weighted by Gasteiger charge is 2.30. The van der Waals surface area contributed by atoms with Crippen molar-refractivity contribution in [1.82, 2.24) is 0 Å². The van der Waals surface area contributed by atoms with Crippen LogP contribution in [-0.4, -0.2) is 6.04 Å². The van der Waals surface area contributed by atoms with Crippen molar-refractivity contribution in [1.29, 1.82) is 0 Å². The van der Waals surface area contributed by atoms with Gasteiger partial charge in [-0.2, -0.15) is 0 Å². The summed E-state index contributed by atoms with van der Waals surface area (Å²) >= 11 is 6.39. The monoisotopic (exact) mass is 415 g/mol. The molecule has 1 nitrogen and oxygen atoms in total. The maximum absolute atomic E-state index is 13.8. The molecule has 5 heteroatoms. The Morgan fingerprint density at radius 2 is 1.62 bits per heavy atom. The Morgan fingerprint density at radius 3 is 2.29 bits per heavy atom. The second-order valence-electron chi connectivity index (χ2n) is 5.31. The van der Waals surface area contributed by atoms with E-state index in [1.807, 2.05) is 12.1 Å². The average molecular weight is 417 g/mol. The first-order valence-electron chi connectivity index (χ1n) is 6.69. The van der Waals surface area contributed by atoms with Crippen LogP contribution >= 0.6 is 31.9 Å². The number of hydrogen-bond acceptors (Lipinski definition) is 1. The molecule has 3 rings (SSSR count). The molecule has 0 heterocycles. The van der Waals surface area contributed by atoms with Crippen molar-refractivity contribution in [3.8, 4) is 0 Å². The summed E-state index contributed by atoms with van der Waals surface area (Å²) in [6, 6.07) is 10.8. The molecule has 1 fully saturated rings. The molecule has 1 aliphatic rings. The minimum atomic E-state index is -0.456. The molecule has 21 heavy (non-hydrogen) atoms. The van der Waals surface area contributed by atoms with Crippen molar-refractivity contribution in [2.45, 2.75) is 24.8 Å². The first-order valence-corrected chi connectivity index (χ1v) is 8.28. The smallest absolute Gasteiger partial charge is 0.147 e. The number of benzene rings is 2. The van der Waals surface area contributed by atoms with Gasteiger partial charge < -0.3 is 5.32 Å². The molecule has 0 bridgehead atoms. The summed E-state index contributed by atoms with van der Waals surface area (Å²) in [6.07, 6.45) is 1.86. The second-order valence-corrected chi connectivity index (χ2v) is 7.08. The largest absolute Gasteiger partial charge is 0.380 e. The van der Waals surface area contributed by atoms with Crippen molar-refractivity contribution < 1.29 is 8.78 Å². The Labute approximate surface area is 139 Å². The molecular weight excluding hydrogens is 404 g/mol. The zero-order valence-electron chi connectivity index (χ0n) is 11.0. The van der Waals surface area contributed by atoms with Gasteiger partial charge in [0.25, 0.3) is 0 Å². The van der Waals surface area contributed by atoms with Gasteiger partial charge in [0, 0.05) is 16.6 Å². The lowest BCUT2D eigenvalue weighted by Gasteiger charge is -2.37. The summed E-state index contributed by atoms with van der Waals surface area (Å²) < 4.78 is 28.4. The van der Waals surface area contributed by atoms with E-state index < -0.39 is 11.6 Å². The summed E-state index contributed by atoms with van der Waals surface area (Å²) in [4.78, 5) is 0. The Morgan fingerprint density at radius 1 is 0.952 bits per heavy atom. The fourth-order valence-electron chi connectivity index (χ4n) is 2.60. The molecule has 0 aromatic heterocycles. The predicted molar refractivity (Wildman–Crippen MR) is 87.6 cm³/mol. The van der Waals surface area contributed by atoms with E-state index >= 15 is 0 Å². The maximum atomic E-state index is 13.8. The van der Waals surface area contributed by atoms with Crippen molar-refractivity contribution in [2.75, 3.05) is 5.32 Å². The van der Waals surface area contributed by atoms with Gasteiger partial charge in [-0.05, 0) is 58.5 Å². The molecule has 0 saturated heterocycles. The van der Waals surface area contributed by atoms with Crippen molar-refractivity contribution in [3.63, 3.8) is 0 Å². The van der Waals surface area contributed by atoms with E-state index in [9.17, 15) is 8.78 Å². The Balaban J connectivity index is 1.62. The van der Waals surface area contributed by atoms with Crippen molar-refractivity contribution >= 4 is 37.5 Å². The number of hydrogen-bond donors (Lipinski definition) is 1. The van der Waals surface area contributed by atoms with E-state index in [0.29, 0.717) is 5.92 Å². The fraction of sp³-hybridized carbons (Fsp3) is 0.250. The topological polar surface area (TPSA) is 12.0 Å². The van der Waals surface area contributed by atoms with Gasteiger partial charge in [-0.1, -0.05) is 28.1 Å². The summed E-state index contributed by atoms with van der Waals surface area (Å²) in [6.45, 7) is 0. The lowest BCUT2D eigenvalue weighted by atomic mass is 9.76. The van der Waals surface area contributed by atoms with Crippen LogP contribution in [0.15, 0.2) is 45.3 Å². The predicted octanol–water partition coefficient (Wildman–Crippen LogP) is 5.85. The highest BCUT2D eigenvalue weighted by atomic mass is 79.9. The molecule has 1 N–H and O–H groups in total. The first kappa shape index (κ1) is 15.0. The van der Waals surface area contributed by atoms with Crippen LogP contribution < -0.4 is 5.32 Å².